The smallest absolute Gasteiger partial charge is 0.278 e. The van der Waals surface area contributed by atoms with Crippen LogP contribution in [0, 0.1) is 6.92 Å². The van der Waals surface area contributed by atoms with E-state index in [4.69, 9.17) is 16.1 Å². The quantitative estimate of drug-likeness (QED) is 0.363. The molecule has 3 heterocycles. The number of nitrogens with one attached hydrogen (secondary N) is 1. The van der Waals surface area contributed by atoms with Crippen LogP contribution in [-0.2, 0) is 24.3 Å². The number of rotatable bonds is 7. The predicted octanol–water partition coefficient (Wildman–Crippen LogP) is 4.34. The molecule has 178 valence electrons. The van der Waals surface area contributed by atoms with Gasteiger partial charge in [0, 0.05) is 22.5 Å². The highest BCUT2D eigenvalue weighted by atomic mass is 35.5. The Bertz CT molecular complexity index is 1620. The van der Waals surface area contributed by atoms with Gasteiger partial charge in [-0.15, -0.1) is 0 Å². The highest BCUT2D eigenvalue weighted by Gasteiger charge is 2.19. The third-order valence-corrected chi connectivity index (χ3v) is 6.19. The standard InChI is InChI=1S/C25H23ClN6O3/c1-3-6-20-29-22(35-30-20)13-31-14-27-23-17-7-4-5-8-19(17)32(24(23)25(31)34)12-21(33)28-16-10-9-15(2)18(26)11-16/h4-5,7-11,14H,3,6,12-13H2,1-2H3,(H,28,33). The molecular formula is C25H23ClN6O3. The number of halogens is 1. The largest absolute Gasteiger partial charge is 0.337 e. The second-order valence-corrected chi connectivity index (χ2v) is 8.75. The van der Waals surface area contributed by atoms with Gasteiger partial charge in [-0.3, -0.25) is 14.2 Å². The summed E-state index contributed by atoms with van der Waals surface area (Å²) in [6.07, 6.45) is 3.06. The molecule has 0 saturated carbocycles. The lowest BCUT2D eigenvalue weighted by Gasteiger charge is -2.10. The molecule has 0 aliphatic rings. The Kier molecular flexibility index (Phi) is 6.08. The molecule has 0 bridgehead atoms. The Morgan fingerprint density at radius 2 is 2.03 bits per heavy atom. The minimum atomic E-state index is -0.298. The molecule has 0 aliphatic carbocycles. The van der Waals surface area contributed by atoms with E-state index in [1.807, 2.05) is 44.2 Å². The maximum atomic E-state index is 13.5. The highest BCUT2D eigenvalue weighted by Crippen LogP contribution is 2.26. The van der Waals surface area contributed by atoms with Crippen molar-refractivity contribution in [2.45, 2.75) is 39.8 Å². The number of aromatic nitrogens is 5. The van der Waals surface area contributed by atoms with Crippen molar-refractivity contribution in [1.82, 2.24) is 24.3 Å². The first kappa shape index (κ1) is 22.8. The number of aryl methyl sites for hydroxylation is 2. The molecule has 2 aromatic carbocycles. The predicted molar refractivity (Wildman–Crippen MR) is 134 cm³/mol. The van der Waals surface area contributed by atoms with Crippen LogP contribution in [0.4, 0.5) is 5.69 Å². The van der Waals surface area contributed by atoms with Crippen molar-refractivity contribution >= 4 is 45.1 Å². The fourth-order valence-corrected chi connectivity index (χ4v) is 4.25. The number of para-hydroxylation sites is 1. The van der Waals surface area contributed by atoms with Gasteiger partial charge >= 0.3 is 0 Å². The molecule has 10 heteroatoms. The first-order valence-electron chi connectivity index (χ1n) is 11.3. The molecule has 5 aromatic rings. The van der Waals surface area contributed by atoms with Gasteiger partial charge in [-0.05, 0) is 37.1 Å². The SMILES string of the molecule is CCCc1noc(Cn2cnc3c4ccccc4n(CC(=O)Nc4ccc(C)c(Cl)c4)c3c2=O)n1. The summed E-state index contributed by atoms with van der Waals surface area (Å²) in [5, 5.41) is 8.16. The maximum absolute atomic E-state index is 13.5. The molecule has 1 N–H and O–H groups in total. The van der Waals surface area contributed by atoms with E-state index in [1.54, 1.807) is 16.7 Å². The van der Waals surface area contributed by atoms with Gasteiger partial charge in [-0.2, -0.15) is 4.98 Å². The van der Waals surface area contributed by atoms with E-state index >= 15 is 0 Å². The van der Waals surface area contributed by atoms with E-state index in [0.717, 1.165) is 22.9 Å². The Labute approximate surface area is 205 Å². The summed E-state index contributed by atoms with van der Waals surface area (Å²) in [6.45, 7) is 3.94. The summed E-state index contributed by atoms with van der Waals surface area (Å²) in [5.41, 5.74) is 2.81. The first-order valence-corrected chi connectivity index (χ1v) is 11.7. The van der Waals surface area contributed by atoms with Crippen molar-refractivity contribution < 1.29 is 9.32 Å². The van der Waals surface area contributed by atoms with Crippen LogP contribution in [0.1, 0.15) is 30.6 Å². The summed E-state index contributed by atoms with van der Waals surface area (Å²) in [5.74, 6) is 0.642. The summed E-state index contributed by atoms with van der Waals surface area (Å²) in [7, 11) is 0. The molecule has 0 atom stereocenters. The fraction of sp³-hybridized carbons (Fsp3) is 0.240. The van der Waals surface area contributed by atoms with E-state index in [2.05, 4.69) is 20.4 Å². The Morgan fingerprint density at radius 1 is 1.20 bits per heavy atom. The molecular weight excluding hydrogens is 468 g/mol. The zero-order valence-corrected chi connectivity index (χ0v) is 20.0. The van der Waals surface area contributed by atoms with Gasteiger partial charge in [0.1, 0.15) is 24.1 Å². The van der Waals surface area contributed by atoms with Crippen molar-refractivity contribution in [3.63, 3.8) is 0 Å². The normalized spacial score (nSPS) is 11.4. The summed E-state index contributed by atoms with van der Waals surface area (Å²) in [6, 6.07) is 12.8. The van der Waals surface area contributed by atoms with Crippen molar-refractivity contribution in [3.05, 3.63) is 81.4 Å². The van der Waals surface area contributed by atoms with Crippen molar-refractivity contribution in [3.8, 4) is 0 Å². The molecule has 0 fully saturated rings. The van der Waals surface area contributed by atoms with Gasteiger partial charge in [0.2, 0.25) is 11.8 Å². The molecule has 0 radical (unpaired) electrons. The van der Waals surface area contributed by atoms with Crippen LogP contribution in [-0.4, -0.2) is 30.2 Å². The third kappa shape index (κ3) is 4.42. The molecule has 3 aromatic heterocycles. The number of benzene rings is 2. The van der Waals surface area contributed by atoms with Gasteiger partial charge in [-0.1, -0.05) is 47.9 Å². The molecule has 0 spiro atoms. The number of carbonyl (C=O) groups is 1. The zero-order valence-electron chi connectivity index (χ0n) is 19.3. The highest BCUT2D eigenvalue weighted by molar-refractivity contribution is 6.31. The van der Waals surface area contributed by atoms with Gasteiger partial charge in [0.25, 0.3) is 5.56 Å². The second kappa shape index (κ2) is 9.34. The van der Waals surface area contributed by atoms with Crippen LogP contribution in [0.3, 0.4) is 0 Å². The average Bonchev–Trinajstić information content (AvgIpc) is 3.41. The molecule has 9 nitrogen and oxygen atoms in total. The van der Waals surface area contributed by atoms with Crippen LogP contribution in [0.15, 0.2) is 58.1 Å². The lowest BCUT2D eigenvalue weighted by Crippen LogP contribution is -2.25. The number of fused-ring (bicyclic) bond motifs is 3. The molecule has 0 aliphatic heterocycles. The van der Waals surface area contributed by atoms with Crippen LogP contribution in [0.5, 0.6) is 0 Å². The van der Waals surface area contributed by atoms with E-state index in [9.17, 15) is 9.59 Å². The summed E-state index contributed by atoms with van der Waals surface area (Å²) >= 11 is 6.19. The van der Waals surface area contributed by atoms with Gasteiger partial charge in [0.05, 0.1) is 11.8 Å². The number of amides is 1. The van der Waals surface area contributed by atoms with E-state index in [0.29, 0.717) is 39.9 Å². The zero-order chi connectivity index (χ0) is 24.5. The Hall–Kier alpha value is -3.98. The van der Waals surface area contributed by atoms with Crippen LogP contribution in [0.25, 0.3) is 21.9 Å². The summed E-state index contributed by atoms with van der Waals surface area (Å²) < 4.78 is 8.40. The van der Waals surface area contributed by atoms with E-state index in [-0.39, 0.29) is 24.6 Å². The minimum absolute atomic E-state index is 0.0718. The summed E-state index contributed by atoms with van der Waals surface area (Å²) in [4.78, 5) is 35.4. The number of hydrogen-bond acceptors (Lipinski definition) is 6. The lowest BCUT2D eigenvalue weighted by atomic mass is 10.2. The van der Waals surface area contributed by atoms with Crippen LogP contribution in [0.2, 0.25) is 5.02 Å². The van der Waals surface area contributed by atoms with Gasteiger partial charge in [-0.25, -0.2) is 4.98 Å². The minimum Gasteiger partial charge on any atom is -0.337 e. The second-order valence-electron chi connectivity index (χ2n) is 8.34. The van der Waals surface area contributed by atoms with Crippen LogP contribution < -0.4 is 10.9 Å². The molecule has 0 unspecified atom stereocenters. The maximum Gasteiger partial charge on any atom is 0.278 e. The van der Waals surface area contributed by atoms with Crippen molar-refractivity contribution in [1.29, 1.82) is 0 Å². The molecule has 5 rings (SSSR count). The first-order chi connectivity index (χ1) is 16.9. The molecule has 35 heavy (non-hydrogen) atoms. The van der Waals surface area contributed by atoms with Crippen molar-refractivity contribution in [2.24, 2.45) is 0 Å². The van der Waals surface area contributed by atoms with E-state index < -0.39 is 0 Å². The third-order valence-electron chi connectivity index (χ3n) is 5.78. The number of carbonyl (C=O) groups excluding carboxylic acids is 1. The Balaban J connectivity index is 1.53. The Morgan fingerprint density at radius 3 is 2.83 bits per heavy atom. The number of hydrogen-bond donors (Lipinski definition) is 1. The average molecular weight is 491 g/mol. The van der Waals surface area contributed by atoms with Crippen molar-refractivity contribution in [2.75, 3.05) is 5.32 Å². The molecule has 0 saturated heterocycles. The number of nitrogens with zero attached hydrogens (tertiary/aromatic N) is 5. The topological polar surface area (TPSA) is 108 Å². The lowest BCUT2D eigenvalue weighted by molar-refractivity contribution is -0.116. The molecule has 1 amide bonds. The van der Waals surface area contributed by atoms with Gasteiger partial charge in [0.15, 0.2) is 5.82 Å². The monoisotopic (exact) mass is 490 g/mol. The number of anilines is 1. The fourth-order valence-electron chi connectivity index (χ4n) is 4.07. The van der Waals surface area contributed by atoms with Crippen LogP contribution >= 0.6 is 11.6 Å². The van der Waals surface area contributed by atoms with E-state index in [1.165, 1.54) is 10.9 Å². The van der Waals surface area contributed by atoms with Gasteiger partial charge < -0.3 is 14.4 Å².